The lowest BCUT2D eigenvalue weighted by Gasteiger charge is -2.19. The Morgan fingerprint density at radius 3 is 2.62 bits per heavy atom. The van der Waals surface area contributed by atoms with Crippen molar-refractivity contribution < 1.29 is 23.9 Å². The lowest BCUT2D eigenvalue weighted by Crippen LogP contribution is -2.27. The van der Waals surface area contributed by atoms with Gasteiger partial charge in [0.15, 0.2) is 13.2 Å². The number of rotatable bonds is 7. The average Bonchev–Trinajstić information content (AvgIpc) is 3.12. The first-order valence-corrected chi connectivity index (χ1v) is 9.62. The van der Waals surface area contributed by atoms with Crippen LogP contribution in [0.5, 0.6) is 5.75 Å². The number of amides is 2. The Bertz CT molecular complexity index is 935. The van der Waals surface area contributed by atoms with Gasteiger partial charge in [0, 0.05) is 18.0 Å². The van der Waals surface area contributed by atoms with Crippen LogP contribution in [-0.4, -0.2) is 37.5 Å². The number of nitrogens with one attached hydrogen (secondary N) is 1. The van der Waals surface area contributed by atoms with Crippen molar-refractivity contribution >= 4 is 52.4 Å². The number of carbonyl (C=O) groups excluding carboxylic acids is 3. The number of benzene rings is 2. The van der Waals surface area contributed by atoms with Crippen molar-refractivity contribution in [2.45, 2.75) is 12.8 Å². The second-order valence-corrected chi connectivity index (χ2v) is 7.08. The van der Waals surface area contributed by atoms with Gasteiger partial charge in [-0.05, 0) is 36.8 Å². The van der Waals surface area contributed by atoms with Crippen LogP contribution in [0.25, 0.3) is 0 Å². The lowest BCUT2D eigenvalue weighted by molar-refractivity contribution is -0.149. The van der Waals surface area contributed by atoms with Crippen LogP contribution in [0.3, 0.4) is 0 Å². The van der Waals surface area contributed by atoms with Crippen LogP contribution in [0.2, 0.25) is 10.0 Å². The molecule has 1 aliphatic heterocycles. The fraction of sp³-hybridized carbons (Fsp3) is 0.250. The van der Waals surface area contributed by atoms with Crippen LogP contribution in [0.15, 0.2) is 42.5 Å². The van der Waals surface area contributed by atoms with E-state index in [1.165, 1.54) is 12.1 Å². The third kappa shape index (κ3) is 5.62. The molecule has 0 saturated carbocycles. The van der Waals surface area contributed by atoms with Crippen molar-refractivity contribution in [3.63, 3.8) is 0 Å². The van der Waals surface area contributed by atoms with Crippen molar-refractivity contribution in [3.05, 3.63) is 52.5 Å². The molecule has 29 heavy (non-hydrogen) atoms. The van der Waals surface area contributed by atoms with E-state index >= 15 is 0 Å². The molecule has 0 bridgehead atoms. The van der Waals surface area contributed by atoms with Gasteiger partial charge < -0.3 is 19.7 Å². The van der Waals surface area contributed by atoms with E-state index in [0.717, 1.165) is 6.42 Å². The van der Waals surface area contributed by atoms with E-state index in [0.29, 0.717) is 29.4 Å². The van der Waals surface area contributed by atoms with E-state index in [1.807, 2.05) is 0 Å². The molecule has 0 atom stereocenters. The SMILES string of the molecule is O=C(COC(=O)COc1ccc(Cl)cc1Cl)Nc1ccccc1N1CCCC1=O. The monoisotopic (exact) mass is 436 g/mol. The molecule has 2 amide bonds. The van der Waals surface area contributed by atoms with Crippen LogP contribution in [0.1, 0.15) is 12.8 Å². The highest BCUT2D eigenvalue weighted by molar-refractivity contribution is 6.35. The Morgan fingerprint density at radius 1 is 1.10 bits per heavy atom. The number of ether oxygens (including phenoxy) is 2. The summed E-state index contributed by atoms with van der Waals surface area (Å²) in [6, 6.07) is 11.6. The molecular formula is C20H18Cl2N2O5. The van der Waals surface area contributed by atoms with E-state index in [1.54, 1.807) is 35.2 Å². The number of hydrogen-bond acceptors (Lipinski definition) is 5. The maximum absolute atomic E-state index is 12.2. The van der Waals surface area contributed by atoms with Gasteiger partial charge in [-0.3, -0.25) is 9.59 Å². The predicted octanol–water partition coefficient (Wildman–Crippen LogP) is 3.68. The molecule has 1 fully saturated rings. The lowest BCUT2D eigenvalue weighted by atomic mass is 10.2. The summed E-state index contributed by atoms with van der Waals surface area (Å²) in [4.78, 5) is 37.6. The zero-order chi connectivity index (χ0) is 20.8. The van der Waals surface area contributed by atoms with Crippen LogP contribution >= 0.6 is 23.2 Å². The molecule has 1 heterocycles. The molecule has 7 nitrogen and oxygen atoms in total. The summed E-state index contributed by atoms with van der Waals surface area (Å²) in [5, 5.41) is 3.37. The van der Waals surface area contributed by atoms with Gasteiger partial charge in [0.25, 0.3) is 5.91 Å². The van der Waals surface area contributed by atoms with E-state index in [-0.39, 0.29) is 16.7 Å². The molecule has 0 spiro atoms. The normalized spacial score (nSPS) is 13.3. The summed E-state index contributed by atoms with van der Waals surface area (Å²) in [7, 11) is 0. The zero-order valence-corrected chi connectivity index (χ0v) is 16.8. The highest BCUT2D eigenvalue weighted by atomic mass is 35.5. The molecule has 0 aromatic heterocycles. The molecule has 1 aliphatic rings. The van der Waals surface area contributed by atoms with E-state index in [4.69, 9.17) is 32.7 Å². The number of halogens is 2. The molecule has 0 aliphatic carbocycles. The Morgan fingerprint density at radius 2 is 1.90 bits per heavy atom. The van der Waals surface area contributed by atoms with Gasteiger partial charge in [-0.2, -0.15) is 0 Å². The van der Waals surface area contributed by atoms with Crippen LogP contribution in [-0.2, 0) is 19.1 Å². The Balaban J connectivity index is 1.50. The van der Waals surface area contributed by atoms with Gasteiger partial charge in [-0.25, -0.2) is 4.79 Å². The third-order valence-electron chi connectivity index (χ3n) is 4.15. The molecule has 0 radical (unpaired) electrons. The van der Waals surface area contributed by atoms with Gasteiger partial charge in [0.05, 0.1) is 16.4 Å². The zero-order valence-electron chi connectivity index (χ0n) is 15.3. The smallest absolute Gasteiger partial charge is 0.344 e. The highest BCUT2D eigenvalue weighted by Crippen LogP contribution is 2.29. The number of carbonyl (C=O) groups is 3. The maximum atomic E-state index is 12.2. The average molecular weight is 437 g/mol. The largest absolute Gasteiger partial charge is 0.480 e. The minimum Gasteiger partial charge on any atom is -0.480 e. The molecule has 0 unspecified atom stereocenters. The van der Waals surface area contributed by atoms with Crippen LogP contribution in [0.4, 0.5) is 11.4 Å². The van der Waals surface area contributed by atoms with Crippen molar-refractivity contribution in [3.8, 4) is 5.75 Å². The molecule has 3 rings (SSSR count). The standard InChI is InChI=1S/C20H18Cl2N2O5/c21-13-7-8-17(14(22)10-13)28-12-20(27)29-11-18(25)23-15-4-1-2-5-16(15)24-9-3-6-19(24)26/h1-2,4-5,7-8,10H,3,6,9,11-12H2,(H,23,25). The first-order chi connectivity index (χ1) is 13.9. The minimum atomic E-state index is -0.728. The number of para-hydroxylation sites is 2. The molecule has 1 saturated heterocycles. The van der Waals surface area contributed by atoms with Crippen molar-refractivity contribution in [2.75, 3.05) is 30.0 Å². The molecule has 9 heteroatoms. The minimum absolute atomic E-state index is 0.0103. The Hall–Kier alpha value is -2.77. The second kappa shape index (κ2) is 9.62. The van der Waals surface area contributed by atoms with E-state index in [9.17, 15) is 14.4 Å². The van der Waals surface area contributed by atoms with Gasteiger partial charge in [-0.15, -0.1) is 0 Å². The number of anilines is 2. The fourth-order valence-corrected chi connectivity index (χ4v) is 3.28. The van der Waals surface area contributed by atoms with Gasteiger partial charge in [-0.1, -0.05) is 35.3 Å². The summed E-state index contributed by atoms with van der Waals surface area (Å²) in [6.07, 6.45) is 1.26. The maximum Gasteiger partial charge on any atom is 0.344 e. The Labute approximate surface area is 177 Å². The second-order valence-electron chi connectivity index (χ2n) is 6.24. The van der Waals surface area contributed by atoms with Crippen LogP contribution in [0, 0.1) is 0 Å². The first kappa shape index (κ1) is 21.0. The van der Waals surface area contributed by atoms with Crippen molar-refractivity contribution in [1.29, 1.82) is 0 Å². The third-order valence-corrected chi connectivity index (χ3v) is 4.68. The topological polar surface area (TPSA) is 84.9 Å². The molecule has 152 valence electrons. The Kier molecular flexibility index (Phi) is 6.95. The number of esters is 1. The number of hydrogen-bond donors (Lipinski definition) is 1. The quantitative estimate of drug-likeness (QED) is 0.669. The molecule has 1 N–H and O–H groups in total. The summed E-state index contributed by atoms with van der Waals surface area (Å²) < 4.78 is 10.2. The van der Waals surface area contributed by atoms with Crippen molar-refractivity contribution in [2.24, 2.45) is 0 Å². The van der Waals surface area contributed by atoms with Gasteiger partial charge in [0.1, 0.15) is 5.75 Å². The summed E-state index contributed by atoms with van der Waals surface area (Å²) in [5.41, 5.74) is 1.10. The molecule has 2 aromatic carbocycles. The predicted molar refractivity (Wildman–Crippen MR) is 110 cm³/mol. The summed E-state index contributed by atoms with van der Waals surface area (Å²) in [6.45, 7) is -0.294. The highest BCUT2D eigenvalue weighted by Gasteiger charge is 2.24. The van der Waals surface area contributed by atoms with Crippen molar-refractivity contribution in [1.82, 2.24) is 0 Å². The molecule has 2 aromatic rings. The summed E-state index contributed by atoms with van der Waals surface area (Å²) in [5.74, 6) is -0.964. The van der Waals surface area contributed by atoms with Crippen LogP contribution < -0.4 is 15.0 Å². The van der Waals surface area contributed by atoms with E-state index < -0.39 is 25.1 Å². The van der Waals surface area contributed by atoms with Gasteiger partial charge in [0.2, 0.25) is 5.91 Å². The fourth-order valence-electron chi connectivity index (χ4n) is 2.82. The number of nitrogens with zero attached hydrogens (tertiary/aromatic N) is 1. The first-order valence-electron chi connectivity index (χ1n) is 8.87. The summed E-state index contributed by atoms with van der Waals surface area (Å²) >= 11 is 11.7. The van der Waals surface area contributed by atoms with Gasteiger partial charge >= 0.3 is 5.97 Å². The van der Waals surface area contributed by atoms with E-state index in [2.05, 4.69) is 5.32 Å². The molecular weight excluding hydrogens is 419 g/mol.